The average molecular weight is 540 g/mol. The first-order valence-electron chi connectivity index (χ1n) is 14.3. The third-order valence-corrected chi connectivity index (χ3v) is 8.95. The van der Waals surface area contributed by atoms with Crippen molar-refractivity contribution in [2.45, 2.75) is 70.9 Å². The smallest absolute Gasteiger partial charge is 0.275 e. The molecule has 5 rings (SSSR count). The number of thiazole rings is 1. The zero-order chi connectivity index (χ0) is 26.3. The highest BCUT2D eigenvalue weighted by atomic mass is 32.1. The fourth-order valence-electron chi connectivity index (χ4n) is 5.81. The Labute approximate surface area is 230 Å². The maximum absolute atomic E-state index is 13.4. The first-order valence-corrected chi connectivity index (χ1v) is 15.2. The molecule has 0 aliphatic carbocycles. The lowest BCUT2D eigenvalue weighted by molar-refractivity contribution is 0.0697. The minimum atomic E-state index is -0.277. The molecule has 0 atom stereocenters. The summed E-state index contributed by atoms with van der Waals surface area (Å²) in [5.74, 6) is 0.378. The molecule has 1 aromatic heterocycles. The second-order valence-electron chi connectivity index (χ2n) is 10.9. The zero-order valence-corrected chi connectivity index (χ0v) is 23.4. The second-order valence-corrected chi connectivity index (χ2v) is 11.7. The Hall–Kier alpha value is -2.49. The summed E-state index contributed by atoms with van der Waals surface area (Å²) in [5.41, 5.74) is 2.52. The van der Waals surface area contributed by atoms with Crippen molar-refractivity contribution in [2.75, 3.05) is 49.6 Å². The number of anilines is 2. The number of hydrogen-bond donors (Lipinski definition) is 2. The normalized spacial score (nSPS) is 19.6. The topological polar surface area (TPSA) is 86.8 Å². The van der Waals surface area contributed by atoms with Gasteiger partial charge in [0.2, 0.25) is 0 Å². The molecule has 38 heavy (non-hydrogen) atoms. The van der Waals surface area contributed by atoms with Crippen LogP contribution in [0.1, 0.15) is 84.7 Å². The number of aromatic nitrogens is 1. The number of carbonyl (C=O) groups is 2. The van der Waals surface area contributed by atoms with E-state index in [4.69, 9.17) is 4.74 Å². The molecule has 0 bridgehead atoms. The number of hydrogen-bond acceptors (Lipinski definition) is 7. The third kappa shape index (κ3) is 6.93. The van der Waals surface area contributed by atoms with Gasteiger partial charge in [0.15, 0.2) is 5.13 Å². The largest absolute Gasteiger partial charge is 0.381 e. The van der Waals surface area contributed by atoms with Crippen LogP contribution in [-0.4, -0.2) is 67.1 Å². The Morgan fingerprint density at radius 3 is 2.55 bits per heavy atom. The van der Waals surface area contributed by atoms with Crippen molar-refractivity contribution in [3.63, 3.8) is 0 Å². The van der Waals surface area contributed by atoms with Gasteiger partial charge < -0.3 is 20.3 Å². The number of piperidine rings is 1. The number of rotatable bonds is 9. The first-order chi connectivity index (χ1) is 18.6. The van der Waals surface area contributed by atoms with E-state index in [0.717, 1.165) is 62.2 Å². The molecule has 0 saturated carbocycles. The van der Waals surface area contributed by atoms with Crippen molar-refractivity contribution in [3.05, 3.63) is 40.4 Å². The minimum Gasteiger partial charge on any atom is -0.381 e. The van der Waals surface area contributed by atoms with E-state index < -0.39 is 0 Å². The van der Waals surface area contributed by atoms with Crippen molar-refractivity contribution >= 4 is 34.0 Å². The fraction of sp³-hybridized carbons (Fsp3) is 0.621. The number of likely N-dealkylation sites (tertiary alicyclic amines) is 1. The van der Waals surface area contributed by atoms with Gasteiger partial charge in [0.25, 0.3) is 11.8 Å². The van der Waals surface area contributed by atoms with Crippen LogP contribution in [0.3, 0.4) is 0 Å². The molecule has 0 radical (unpaired) electrons. The molecule has 3 aliphatic rings. The molecule has 3 fully saturated rings. The van der Waals surface area contributed by atoms with E-state index in [1.165, 1.54) is 49.9 Å². The Kier molecular flexibility index (Phi) is 9.30. The molecule has 8 nitrogen and oxygen atoms in total. The van der Waals surface area contributed by atoms with E-state index in [0.29, 0.717) is 30.2 Å². The molecular formula is C29H41N5O3S. The average Bonchev–Trinajstić information content (AvgIpc) is 3.64. The molecule has 9 heteroatoms. The van der Waals surface area contributed by atoms with E-state index in [1.54, 1.807) is 0 Å². The van der Waals surface area contributed by atoms with E-state index in [-0.39, 0.29) is 17.9 Å². The maximum Gasteiger partial charge on any atom is 0.275 e. The van der Waals surface area contributed by atoms with Crippen LogP contribution < -0.4 is 15.5 Å². The number of nitrogens with one attached hydrogen (secondary N) is 2. The standard InChI is InChI=1S/C29H41N5O3S/c1-2-5-21-8-14-34(15-9-21)29-32-26(20-38-29)28(36)31-25-7-6-22(19-33-12-3-4-13-33)18-24(25)27(35)30-23-10-16-37-17-11-23/h6-7,18,20-21,23H,2-5,8-17,19H2,1H3,(H,30,35)(H,31,36). The van der Waals surface area contributed by atoms with Gasteiger partial charge in [-0.15, -0.1) is 11.3 Å². The predicted octanol–water partition coefficient (Wildman–Crippen LogP) is 4.92. The van der Waals surface area contributed by atoms with Crippen molar-refractivity contribution in [2.24, 2.45) is 5.92 Å². The Morgan fingerprint density at radius 1 is 1.05 bits per heavy atom. The number of amides is 2. The number of carbonyl (C=O) groups excluding carboxylic acids is 2. The Bertz CT molecular complexity index is 1090. The molecule has 206 valence electrons. The van der Waals surface area contributed by atoms with Gasteiger partial charge in [-0.3, -0.25) is 14.5 Å². The van der Waals surface area contributed by atoms with Gasteiger partial charge in [-0.05, 0) is 75.2 Å². The summed E-state index contributed by atoms with van der Waals surface area (Å²) in [5, 5.41) is 8.89. The van der Waals surface area contributed by atoms with Crippen LogP contribution in [-0.2, 0) is 11.3 Å². The lowest BCUT2D eigenvalue weighted by Gasteiger charge is -2.31. The summed E-state index contributed by atoms with van der Waals surface area (Å²) >= 11 is 1.52. The SMILES string of the molecule is CCCC1CCN(c2nc(C(=O)Nc3ccc(CN4CCCC4)cc3C(=O)NC3CCOCC3)cs2)CC1. The highest BCUT2D eigenvalue weighted by Gasteiger charge is 2.24. The van der Waals surface area contributed by atoms with E-state index in [2.05, 4.69) is 32.3 Å². The molecule has 2 amide bonds. The minimum absolute atomic E-state index is 0.0876. The molecule has 1 aromatic carbocycles. The van der Waals surface area contributed by atoms with Crippen molar-refractivity contribution in [1.29, 1.82) is 0 Å². The van der Waals surface area contributed by atoms with Crippen LogP contribution in [0.15, 0.2) is 23.6 Å². The van der Waals surface area contributed by atoms with Gasteiger partial charge in [-0.1, -0.05) is 25.8 Å². The van der Waals surface area contributed by atoms with Gasteiger partial charge in [0.05, 0.1) is 11.3 Å². The first kappa shape index (κ1) is 27.1. The van der Waals surface area contributed by atoms with Crippen LogP contribution in [0.4, 0.5) is 10.8 Å². The fourth-order valence-corrected chi connectivity index (χ4v) is 6.67. The van der Waals surface area contributed by atoms with Gasteiger partial charge in [0, 0.05) is 44.3 Å². The molecule has 2 N–H and O–H groups in total. The van der Waals surface area contributed by atoms with Gasteiger partial charge in [0.1, 0.15) is 5.69 Å². The summed E-state index contributed by atoms with van der Waals surface area (Å²) in [6.45, 7) is 8.55. The van der Waals surface area contributed by atoms with Crippen LogP contribution in [0, 0.1) is 5.92 Å². The van der Waals surface area contributed by atoms with Gasteiger partial charge in [-0.25, -0.2) is 4.98 Å². The third-order valence-electron chi connectivity index (χ3n) is 8.04. The summed E-state index contributed by atoms with van der Waals surface area (Å²) in [6, 6.07) is 5.92. The molecular weight excluding hydrogens is 498 g/mol. The summed E-state index contributed by atoms with van der Waals surface area (Å²) in [7, 11) is 0. The van der Waals surface area contributed by atoms with Crippen molar-refractivity contribution < 1.29 is 14.3 Å². The van der Waals surface area contributed by atoms with E-state index >= 15 is 0 Å². The number of benzene rings is 1. The summed E-state index contributed by atoms with van der Waals surface area (Å²) in [4.78, 5) is 36.0. The summed E-state index contributed by atoms with van der Waals surface area (Å²) < 4.78 is 5.44. The van der Waals surface area contributed by atoms with Crippen LogP contribution >= 0.6 is 11.3 Å². The van der Waals surface area contributed by atoms with Crippen molar-refractivity contribution in [1.82, 2.24) is 15.2 Å². The Balaban J connectivity index is 1.28. The lowest BCUT2D eigenvalue weighted by atomic mass is 9.93. The Morgan fingerprint density at radius 2 is 1.82 bits per heavy atom. The van der Waals surface area contributed by atoms with Crippen LogP contribution in [0.5, 0.6) is 0 Å². The molecule has 2 aromatic rings. The second kappa shape index (κ2) is 13.0. The van der Waals surface area contributed by atoms with Crippen molar-refractivity contribution in [3.8, 4) is 0 Å². The number of nitrogens with zero attached hydrogens (tertiary/aromatic N) is 3. The van der Waals surface area contributed by atoms with E-state index in [9.17, 15) is 9.59 Å². The lowest BCUT2D eigenvalue weighted by Crippen LogP contribution is -2.39. The highest BCUT2D eigenvalue weighted by Crippen LogP contribution is 2.29. The number of ether oxygens (including phenoxy) is 1. The van der Waals surface area contributed by atoms with Gasteiger partial charge in [-0.2, -0.15) is 0 Å². The van der Waals surface area contributed by atoms with E-state index in [1.807, 2.05) is 23.6 Å². The van der Waals surface area contributed by atoms with Crippen LogP contribution in [0.2, 0.25) is 0 Å². The molecule has 3 saturated heterocycles. The van der Waals surface area contributed by atoms with Gasteiger partial charge >= 0.3 is 0 Å². The van der Waals surface area contributed by atoms with Crippen LogP contribution in [0.25, 0.3) is 0 Å². The maximum atomic E-state index is 13.4. The monoisotopic (exact) mass is 539 g/mol. The zero-order valence-electron chi connectivity index (χ0n) is 22.5. The predicted molar refractivity (Wildman–Crippen MR) is 152 cm³/mol. The molecule has 4 heterocycles. The molecule has 0 unspecified atom stereocenters. The summed E-state index contributed by atoms with van der Waals surface area (Å²) in [6.07, 6.45) is 8.95. The highest BCUT2D eigenvalue weighted by molar-refractivity contribution is 7.14. The molecule has 0 spiro atoms. The quantitative estimate of drug-likeness (QED) is 0.471. The molecule has 3 aliphatic heterocycles.